The van der Waals surface area contributed by atoms with Crippen LogP contribution in [0.15, 0.2) is 54.9 Å². The van der Waals surface area contributed by atoms with E-state index in [1.807, 2.05) is 60.5 Å². The van der Waals surface area contributed by atoms with E-state index in [4.69, 9.17) is 0 Å². The van der Waals surface area contributed by atoms with Crippen molar-refractivity contribution in [1.82, 2.24) is 25.2 Å². The molecule has 0 saturated carbocycles. The summed E-state index contributed by atoms with van der Waals surface area (Å²) in [6, 6.07) is 15.2. The van der Waals surface area contributed by atoms with Crippen molar-refractivity contribution in [2.75, 3.05) is 23.8 Å². The molecule has 0 bridgehead atoms. The number of carbonyl (C=O) groups is 1. The number of hydrogen-bond acceptors (Lipinski definition) is 7. The van der Waals surface area contributed by atoms with Crippen LogP contribution in [0, 0.1) is 0 Å². The maximum Gasteiger partial charge on any atom is 0.243 e. The zero-order valence-corrected chi connectivity index (χ0v) is 14.7. The van der Waals surface area contributed by atoms with Crippen LogP contribution in [-0.4, -0.2) is 44.7 Å². The third-order valence-corrected chi connectivity index (χ3v) is 4.91. The summed E-state index contributed by atoms with van der Waals surface area (Å²) in [6.07, 6.45) is 1.51. The number of tetrazole rings is 1. The van der Waals surface area contributed by atoms with Crippen molar-refractivity contribution in [2.24, 2.45) is 0 Å². The highest BCUT2D eigenvalue weighted by Crippen LogP contribution is 2.27. The number of fused-ring (bicyclic) bond motifs is 1. The number of amides is 1. The molecule has 0 spiro atoms. The molecule has 8 nitrogen and oxygen atoms in total. The van der Waals surface area contributed by atoms with E-state index in [0.29, 0.717) is 5.69 Å². The Kier molecular flexibility index (Phi) is 4.28. The predicted molar refractivity (Wildman–Crippen MR) is 101 cm³/mol. The molecular formula is C17H15N7OS. The van der Waals surface area contributed by atoms with Gasteiger partial charge >= 0.3 is 0 Å². The second-order valence-electron chi connectivity index (χ2n) is 5.67. The monoisotopic (exact) mass is 365 g/mol. The molecule has 1 N–H and O–H groups in total. The molecule has 0 aliphatic heterocycles. The summed E-state index contributed by atoms with van der Waals surface area (Å²) in [5, 5.41) is 14.7. The second-order valence-corrected chi connectivity index (χ2v) is 6.68. The fraction of sp³-hybridized carbons (Fsp3) is 0.118. The summed E-state index contributed by atoms with van der Waals surface area (Å²) in [5.74, 6) is -0.109. The van der Waals surface area contributed by atoms with E-state index < -0.39 is 0 Å². The van der Waals surface area contributed by atoms with Crippen LogP contribution in [0.2, 0.25) is 0 Å². The molecule has 2 heterocycles. The molecule has 2 aromatic heterocycles. The third-order valence-electron chi connectivity index (χ3n) is 3.75. The molecule has 0 unspecified atom stereocenters. The molecule has 0 radical (unpaired) electrons. The number of benzene rings is 2. The van der Waals surface area contributed by atoms with Crippen LogP contribution in [0.3, 0.4) is 0 Å². The minimum Gasteiger partial charge on any atom is -0.342 e. The average molecular weight is 365 g/mol. The Bertz CT molecular complexity index is 994. The van der Waals surface area contributed by atoms with Gasteiger partial charge in [-0.1, -0.05) is 23.5 Å². The van der Waals surface area contributed by atoms with Gasteiger partial charge in [0.05, 0.1) is 22.4 Å². The van der Waals surface area contributed by atoms with Gasteiger partial charge in [0, 0.05) is 12.7 Å². The van der Waals surface area contributed by atoms with Gasteiger partial charge < -0.3 is 10.2 Å². The summed E-state index contributed by atoms with van der Waals surface area (Å²) < 4.78 is 2.65. The molecule has 26 heavy (non-hydrogen) atoms. The van der Waals surface area contributed by atoms with Crippen molar-refractivity contribution in [3.05, 3.63) is 54.9 Å². The summed E-state index contributed by atoms with van der Waals surface area (Å²) in [5.41, 5.74) is 2.47. The van der Waals surface area contributed by atoms with E-state index in [-0.39, 0.29) is 12.5 Å². The zero-order valence-electron chi connectivity index (χ0n) is 13.9. The van der Waals surface area contributed by atoms with Crippen LogP contribution in [-0.2, 0) is 4.79 Å². The average Bonchev–Trinajstić information content (AvgIpc) is 3.32. The molecule has 0 atom stereocenters. The lowest BCUT2D eigenvalue weighted by Gasteiger charge is -2.15. The molecule has 0 aliphatic carbocycles. The first kappa shape index (κ1) is 16.2. The fourth-order valence-corrected chi connectivity index (χ4v) is 3.41. The standard InChI is InChI=1S/C17H15N7OS/c1-23(17-20-14-4-2-3-5-15(14)26-17)10-16(25)19-12-6-8-13(9-7-12)24-11-18-21-22-24/h2-9,11H,10H2,1H3,(H,19,25). The summed E-state index contributed by atoms with van der Waals surface area (Å²) in [4.78, 5) is 18.7. The van der Waals surface area contributed by atoms with E-state index >= 15 is 0 Å². The van der Waals surface area contributed by atoms with Gasteiger partial charge in [0.25, 0.3) is 0 Å². The van der Waals surface area contributed by atoms with Gasteiger partial charge in [0.2, 0.25) is 5.91 Å². The normalized spacial score (nSPS) is 10.8. The highest BCUT2D eigenvalue weighted by Gasteiger charge is 2.12. The lowest BCUT2D eigenvalue weighted by Crippen LogP contribution is -2.29. The summed E-state index contributed by atoms with van der Waals surface area (Å²) >= 11 is 1.57. The van der Waals surface area contributed by atoms with Crippen LogP contribution in [0.4, 0.5) is 10.8 Å². The first-order valence-electron chi connectivity index (χ1n) is 7.89. The molecular weight excluding hydrogens is 350 g/mol. The van der Waals surface area contributed by atoms with E-state index in [9.17, 15) is 4.79 Å². The number of rotatable bonds is 5. The molecule has 130 valence electrons. The minimum atomic E-state index is -0.109. The SMILES string of the molecule is CN(CC(=O)Nc1ccc(-n2cnnn2)cc1)c1nc2ccccc2s1. The van der Waals surface area contributed by atoms with Gasteiger partial charge in [0.15, 0.2) is 5.13 Å². The molecule has 0 saturated heterocycles. The largest absolute Gasteiger partial charge is 0.342 e. The van der Waals surface area contributed by atoms with Gasteiger partial charge in [-0.25, -0.2) is 9.67 Å². The molecule has 9 heteroatoms. The Morgan fingerprint density at radius 1 is 1.19 bits per heavy atom. The lowest BCUT2D eigenvalue weighted by molar-refractivity contribution is -0.114. The number of aromatic nitrogens is 5. The predicted octanol–water partition coefficient (Wildman–Crippen LogP) is 2.35. The number of nitrogens with zero attached hydrogens (tertiary/aromatic N) is 6. The van der Waals surface area contributed by atoms with Gasteiger partial charge in [-0.3, -0.25) is 4.79 Å². The number of hydrogen-bond donors (Lipinski definition) is 1. The molecule has 4 rings (SSSR count). The number of anilines is 2. The number of thiazole rings is 1. The van der Waals surface area contributed by atoms with E-state index in [0.717, 1.165) is 21.0 Å². The topological polar surface area (TPSA) is 88.8 Å². The van der Waals surface area contributed by atoms with Gasteiger partial charge in [-0.15, -0.1) is 5.10 Å². The van der Waals surface area contributed by atoms with Crippen LogP contribution >= 0.6 is 11.3 Å². The summed E-state index contributed by atoms with van der Waals surface area (Å²) in [7, 11) is 1.86. The van der Waals surface area contributed by atoms with Crippen molar-refractivity contribution in [1.29, 1.82) is 0 Å². The van der Waals surface area contributed by atoms with Crippen LogP contribution in [0.5, 0.6) is 0 Å². The Hall–Kier alpha value is -3.33. The van der Waals surface area contributed by atoms with Gasteiger partial charge in [-0.2, -0.15) is 0 Å². The van der Waals surface area contributed by atoms with E-state index in [1.165, 1.54) is 6.33 Å². The smallest absolute Gasteiger partial charge is 0.243 e. The highest BCUT2D eigenvalue weighted by atomic mass is 32.1. The maximum atomic E-state index is 12.3. The highest BCUT2D eigenvalue weighted by molar-refractivity contribution is 7.22. The first-order valence-corrected chi connectivity index (χ1v) is 8.71. The first-order chi connectivity index (χ1) is 12.7. The van der Waals surface area contributed by atoms with Crippen molar-refractivity contribution >= 4 is 38.3 Å². The molecule has 2 aromatic carbocycles. The zero-order chi connectivity index (χ0) is 17.9. The van der Waals surface area contributed by atoms with Crippen molar-refractivity contribution in [3.8, 4) is 5.69 Å². The number of likely N-dealkylation sites (N-methyl/N-ethyl adjacent to an activating group) is 1. The van der Waals surface area contributed by atoms with E-state index in [1.54, 1.807) is 16.0 Å². The molecule has 4 aromatic rings. The minimum absolute atomic E-state index is 0.109. The number of carbonyl (C=O) groups excluding carboxylic acids is 1. The van der Waals surface area contributed by atoms with Gasteiger partial charge in [0.1, 0.15) is 6.33 Å². The fourth-order valence-electron chi connectivity index (χ4n) is 2.48. The Balaban J connectivity index is 1.40. The van der Waals surface area contributed by atoms with Gasteiger partial charge in [-0.05, 0) is 46.8 Å². The lowest BCUT2D eigenvalue weighted by atomic mass is 10.3. The molecule has 0 aliphatic rings. The van der Waals surface area contributed by atoms with Crippen molar-refractivity contribution in [2.45, 2.75) is 0 Å². The Morgan fingerprint density at radius 3 is 2.73 bits per heavy atom. The number of para-hydroxylation sites is 1. The van der Waals surface area contributed by atoms with Crippen LogP contribution in [0.1, 0.15) is 0 Å². The third kappa shape index (κ3) is 3.38. The number of nitrogens with one attached hydrogen (secondary N) is 1. The van der Waals surface area contributed by atoms with Crippen molar-refractivity contribution in [3.63, 3.8) is 0 Å². The summed E-state index contributed by atoms with van der Waals surface area (Å²) in [6.45, 7) is 0.217. The molecule has 1 amide bonds. The quantitative estimate of drug-likeness (QED) is 0.584. The van der Waals surface area contributed by atoms with Crippen LogP contribution in [0.25, 0.3) is 15.9 Å². The maximum absolute atomic E-state index is 12.3. The Labute approximate surface area is 153 Å². The van der Waals surface area contributed by atoms with Crippen molar-refractivity contribution < 1.29 is 4.79 Å². The Morgan fingerprint density at radius 2 is 2.00 bits per heavy atom. The molecule has 0 fully saturated rings. The second kappa shape index (κ2) is 6.89. The van der Waals surface area contributed by atoms with E-state index in [2.05, 4.69) is 25.8 Å². The van der Waals surface area contributed by atoms with Crippen LogP contribution < -0.4 is 10.2 Å².